The second-order valence-electron chi connectivity index (χ2n) is 5.69. The van der Waals surface area contributed by atoms with Gasteiger partial charge in [0, 0.05) is 11.8 Å². The van der Waals surface area contributed by atoms with Gasteiger partial charge in [0.15, 0.2) is 11.5 Å². The van der Waals surface area contributed by atoms with Gasteiger partial charge in [0.2, 0.25) is 11.8 Å². The molecule has 2 N–H and O–H groups in total. The minimum atomic E-state index is -0.452. The molecule has 2 heterocycles. The second-order valence-corrected chi connectivity index (χ2v) is 5.69. The predicted molar refractivity (Wildman–Crippen MR) is 92.7 cm³/mol. The Hall–Kier alpha value is -3.43. The largest absolute Gasteiger partial charge is 0.493 e. The number of aryl methyl sites for hydroxylation is 1. The Bertz CT molecular complexity index is 903. The number of hydrogen-bond donors (Lipinski definition) is 2. The number of hydrogen-bond acceptors (Lipinski definition) is 7. The summed E-state index contributed by atoms with van der Waals surface area (Å²) in [5.74, 6) is 1.57. The van der Waals surface area contributed by atoms with Crippen molar-refractivity contribution >= 4 is 11.6 Å². The summed E-state index contributed by atoms with van der Waals surface area (Å²) in [4.78, 5) is 20.6. The summed E-state index contributed by atoms with van der Waals surface area (Å²) in [5, 5.41) is 13.3. The first-order chi connectivity index (χ1) is 12.5. The monoisotopic (exact) mass is 357 g/mol. The summed E-state index contributed by atoms with van der Waals surface area (Å²) < 4.78 is 12.4. The van der Waals surface area contributed by atoms with Crippen LogP contribution < -0.4 is 14.8 Å². The Morgan fingerprint density at radius 2 is 2.12 bits per heavy atom. The highest BCUT2D eigenvalue weighted by atomic mass is 16.5. The molecule has 1 amide bonds. The van der Waals surface area contributed by atoms with E-state index in [0.29, 0.717) is 29.0 Å². The van der Waals surface area contributed by atoms with Crippen molar-refractivity contribution in [3.63, 3.8) is 0 Å². The third-order valence-electron chi connectivity index (χ3n) is 3.36. The van der Waals surface area contributed by atoms with E-state index in [2.05, 4.69) is 30.6 Å². The highest BCUT2D eigenvalue weighted by molar-refractivity contribution is 6.01. The van der Waals surface area contributed by atoms with Crippen molar-refractivity contribution in [2.75, 3.05) is 12.4 Å². The number of ether oxygens (including phenoxy) is 2. The van der Waals surface area contributed by atoms with Crippen molar-refractivity contribution in [3.05, 3.63) is 36.2 Å². The molecule has 136 valence electrons. The lowest BCUT2D eigenvalue weighted by Crippen LogP contribution is -2.15. The van der Waals surface area contributed by atoms with Gasteiger partial charge in [0.25, 0.3) is 5.91 Å². The van der Waals surface area contributed by atoms with Gasteiger partial charge in [-0.2, -0.15) is 14.8 Å². The van der Waals surface area contributed by atoms with E-state index in [9.17, 15) is 4.79 Å². The van der Waals surface area contributed by atoms with E-state index < -0.39 is 5.91 Å². The predicted octanol–water partition coefficient (Wildman–Crippen LogP) is 1.74. The quantitative estimate of drug-likeness (QED) is 0.689. The summed E-state index contributed by atoms with van der Waals surface area (Å²) in [6, 6.07) is 5.13. The van der Waals surface area contributed by atoms with Crippen LogP contribution in [0, 0.1) is 6.92 Å². The van der Waals surface area contributed by atoms with Gasteiger partial charge in [-0.05, 0) is 32.9 Å². The number of nitrogens with zero attached hydrogens (tertiary/aromatic N) is 5. The summed E-state index contributed by atoms with van der Waals surface area (Å²) in [6.45, 7) is 5.54. The summed E-state index contributed by atoms with van der Waals surface area (Å²) in [6.07, 6.45) is 1.32. The van der Waals surface area contributed by atoms with Crippen LogP contribution in [0.25, 0.3) is 5.95 Å². The fraction of sp³-hybridized carbons (Fsp3) is 0.312. The minimum Gasteiger partial charge on any atom is -0.493 e. The molecule has 1 aromatic carbocycles. The number of anilines is 1. The fourth-order valence-electron chi connectivity index (χ4n) is 2.28. The van der Waals surface area contributed by atoms with Crippen LogP contribution in [0.4, 0.5) is 5.69 Å². The van der Waals surface area contributed by atoms with E-state index in [1.165, 1.54) is 11.0 Å². The first-order valence-electron chi connectivity index (χ1n) is 7.93. The van der Waals surface area contributed by atoms with Gasteiger partial charge in [-0.1, -0.05) is 0 Å². The molecule has 10 heteroatoms. The lowest BCUT2D eigenvalue weighted by molar-refractivity contribution is 0.101. The van der Waals surface area contributed by atoms with Gasteiger partial charge < -0.3 is 14.8 Å². The first kappa shape index (κ1) is 17.4. The van der Waals surface area contributed by atoms with Crippen molar-refractivity contribution < 1.29 is 14.3 Å². The number of methoxy groups -OCH3 is 1. The molecule has 26 heavy (non-hydrogen) atoms. The smallest absolute Gasteiger partial charge is 0.295 e. The first-order valence-corrected chi connectivity index (χ1v) is 7.93. The van der Waals surface area contributed by atoms with E-state index in [0.717, 1.165) is 0 Å². The van der Waals surface area contributed by atoms with Crippen LogP contribution >= 0.6 is 0 Å². The number of aromatic amines is 1. The zero-order valence-corrected chi connectivity index (χ0v) is 14.8. The molecule has 0 bridgehead atoms. The summed E-state index contributed by atoms with van der Waals surface area (Å²) >= 11 is 0. The van der Waals surface area contributed by atoms with Crippen LogP contribution in [-0.4, -0.2) is 49.1 Å². The normalized spacial score (nSPS) is 10.8. The Morgan fingerprint density at radius 3 is 2.77 bits per heavy atom. The Morgan fingerprint density at radius 1 is 1.31 bits per heavy atom. The third-order valence-corrected chi connectivity index (χ3v) is 3.36. The van der Waals surface area contributed by atoms with Crippen LogP contribution in [-0.2, 0) is 0 Å². The second kappa shape index (κ2) is 7.21. The highest BCUT2D eigenvalue weighted by Gasteiger charge is 2.17. The maximum Gasteiger partial charge on any atom is 0.295 e. The van der Waals surface area contributed by atoms with Crippen molar-refractivity contribution in [2.24, 2.45) is 0 Å². The average Bonchev–Trinajstić information content (AvgIpc) is 3.23. The summed E-state index contributed by atoms with van der Waals surface area (Å²) in [7, 11) is 1.56. The van der Waals surface area contributed by atoms with Crippen molar-refractivity contribution in [1.82, 2.24) is 29.9 Å². The molecule has 0 fully saturated rings. The van der Waals surface area contributed by atoms with Crippen molar-refractivity contribution in [2.45, 2.75) is 26.9 Å². The molecule has 0 radical (unpaired) electrons. The zero-order chi connectivity index (χ0) is 18.7. The third kappa shape index (κ3) is 3.63. The molecule has 0 unspecified atom stereocenters. The molecule has 2 aromatic heterocycles. The zero-order valence-electron chi connectivity index (χ0n) is 14.8. The van der Waals surface area contributed by atoms with Gasteiger partial charge in [-0.3, -0.25) is 4.79 Å². The van der Waals surface area contributed by atoms with Crippen LogP contribution in [0.1, 0.15) is 30.3 Å². The number of rotatable bonds is 6. The van der Waals surface area contributed by atoms with E-state index in [1.807, 2.05) is 13.8 Å². The van der Waals surface area contributed by atoms with Crippen LogP contribution in [0.15, 0.2) is 24.5 Å². The standard InChI is InChI=1S/C16H19N7O3/c1-9(2)26-13-7-11(5-6-12(13)25-4)20-15(24)14-19-10(3)23(22-14)16-17-8-18-21-16/h5-9H,1-4H3,(H,20,24)(H,17,18,21). The van der Waals surface area contributed by atoms with E-state index >= 15 is 0 Å². The molecular weight excluding hydrogens is 338 g/mol. The molecule has 0 spiro atoms. The molecule has 0 aliphatic rings. The fourth-order valence-corrected chi connectivity index (χ4v) is 2.28. The Labute approximate surface area is 149 Å². The lowest BCUT2D eigenvalue weighted by Gasteiger charge is -2.14. The number of carbonyl (C=O) groups excluding carboxylic acids is 1. The lowest BCUT2D eigenvalue weighted by atomic mass is 10.2. The van der Waals surface area contributed by atoms with E-state index in [1.54, 1.807) is 32.2 Å². The molecule has 10 nitrogen and oxygen atoms in total. The molecule has 0 saturated heterocycles. The number of benzene rings is 1. The Kier molecular flexibility index (Phi) is 4.83. The van der Waals surface area contributed by atoms with Crippen molar-refractivity contribution in [3.8, 4) is 17.4 Å². The molecule has 0 atom stereocenters. The number of H-pyrrole nitrogens is 1. The van der Waals surface area contributed by atoms with Crippen LogP contribution in [0.2, 0.25) is 0 Å². The number of carbonyl (C=O) groups is 1. The maximum absolute atomic E-state index is 12.5. The molecular formula is C16H19N7O3. The maximum atomic E-state index is 12.5. The molecule has 3 rings (SSSR count). The average molecular weight is 357 g/mol. The van der Waals surface area contributed by atoms with Crippen molar-refractivity contribution in [1.29, 1.82) is 0 Å². The van der Waals surface area contributed by atoms with Gasteiger partial charge >= 0.3 is 0 Å². The molecule has 0 aliphatic heterocycles. The number of aromatic nitrogens is 6. The number of nitrogens with one attached hydrogen (secondary N) is 2. The number of amides is 1. The van der Waals surface area contributed by atoms with Gasteiger partial charge in [0.1, 0.15) is 12.2 Å². The van der Waals surface area contributed by atoms with E-state index in [4.69, 9.17) is 9.47 Å². The minimum absolute atomic E-state index is 0.0149. The van der Waals surface area contributed by atoms with Crippen LogP contribution in [0.5, 0.6) is 11.5 Å². The summed E-state index contributed by atoms with van der Waals surface area (Å²) in [5.41, 5.74) is 0.542. The molecule has 3 aromatic rings. The van der Waals surface area contributed by atoms with Crippen LogP contribution in [0.3, 0.4) is 0 Å². The van der Waals surface area contributed by atoms with Gasteiger partial charge in [0.05, 0.1) is 13.2 Å². The SMILES string of the molecule is COc1ccc(NC(=O)c2nc(C)n(-c3ncn[nH]3)n2)cc1OC(C)C. The van der Waals surface area contributed by atoms with E-state index in [-0.39, 0.29) is 11.9 Å². The van der Waals surface area contributed by atoms with Gasteiger partial charge in [-0.25, -0.2) is 10.1 Å². The topological polar surface area (TPSA) is 120 Å². The molecule has 0 aliphatic carbocycles. The highest BCUT2D eigenvalue weighted by Crippen LogP contribution is 2.31. The molecule has 0 saturated carbocycles. The van der Waals surface area contributed by atoms with Gasteiger partial charge in [-0.15, -0.1) is 5.10 Å². The Balaban J connectivity index is 1.81.